The largest absolute Gasteiger partial charge is 0.447 e. The molecule has 104 valence electrons. The normalized spacial score (nSPS) is 16.6. The number of ether oxygens (including phenoxy) is 1. The summed E-state index contributed by atoms with van der Waals surface area (Å²) in [4.78, 5) is 14.8. The van der Waals surface area contributed by atoms with Crippen LogP contribution in [0.5, 0.6) is 0 Å². The summed E-state index contributed by atoms with van der Waals surface area (Å²) in [6, 6.07) is 8.65. The predicted octanol–water partition coefficient (Wildman–Crippen LogP) is 2.40. The van der Waals surface area contributed by atoms with Gasteiger partial charge in [0.05, 0.1) is 12.2 Å². The summed E-state index contributed by atoms with van der Waals surface area (Å²) in [5, 5.41) is 2.71. The third-order valence-corrected chi connectivity index (χ3v) is 3.02. The van der Waals surface area contributed by atoms with Crippen molar-refractivity contribution in [3.63, 3.8) is 0 Å². The molecule has 1 aromatic carbocycles. The molecular weight excluding hydrogens is 271 g/mol. The maximum atomic E-state index is 13.0. The average molecular weight is 282 g/mol. The lowest BCUT2D eigenvalue weighted by molar-refractivity contribution is 0.177. The van der Waals surface area contributed by atoms with Crippen molar-refractivity contribution >= 4 is 6.09 Å². The Morgan fingerprint density at radius 2 is 2.10 bits per heavy atom. The summed E-state index contributed by atoms with van der Waals surface area (Å²) in [7, 11) is 0. The maximum Gasteiger partial charge on any atom is 0.407 e. The number of carbonyl (C=O) groups excluding carboxylic acids is 1. The monoisotopic (exact) mass is 282 g/mol. The maximum absolute atomic E-state index is 13.0. The first-order chi connectivity index (χ1) is 10.2. The number of nitrogens with zero attached hydrogens (tertiary/aromatic N) is 1. The second-order valence-electron chi connectivity index (χ2n) is 4.56. The summed E-state index contributed by atoms with van der Waals surface area (Å²) < 4.78 is 17.9. The highest BCUT2D eigenvalue weighted by Crippen LogP contribution is 2.18. The molecule has 0 unspecified atom stereocenters. The Morgan fingerprint density at radius 1 is 1.24 bits per heavy atom. The van der Waals surface area contributed by atoms with Crippen molar-refractivity contribution in [3.8, 4) is 11.8 Å². The van der Waals surface area contributed by atoms with E-state index in [0.717, 1.165) is 17.3 Å². The summed E-state index contributed by atoms with van der Waals surface area (Å²) in [6.07, 6.45) is 2.22. The molecule has 2 heterocycles. The zero-order valence-corrected chi connectivity index (χ0v) is 11.0. The molecule has 0 aliphatic carbocycles. The minimum Gasteiger partial charge on any atom is -0.447 e. The molecule has 3 rings (SSSR count). The molecule has 2 aromatic rings. The van der Waals surface area contributed by atoms with E-state index in [4.69, 9.17) is 4.74 Å². The Hall–Kier alpha value is -2.87. The van der Waals surface area contributed by atoms with Gasteiger partial charge >= 0.3 is 6.09 Å². The number of alkyl carbamates (subject to hydrolysis) is 1. The highest BCUT2D eigenvalue weighted by atomic mass is 19.1. The molecule has 0 bridgehead atoms. The van der Waals surface area contributed by atoms with E-state index in [1.807, 2.05) is 24.3 Å². The lowest BCUT2D eigenvalue weighted by Crippen LogP contribution is -2.18. The molecule has 1 amide bonds. The molecule has 1 fully saturated rings. The van der Waals surface area contributed by atoms with Gasteiger partial charge in [0.25, 0.3) is 0 Å². The number of cyclic esters (lactones) is 1. The molecular formula is C16H11FN2O2. The number of pyridine rings is 1. The van der Waals surface area contributed by atoms with Crippen LogP contribution in [0, 0.1) is 17.7 Å². The number of hydrogen-bond acceptors (Lipinski definition) is 3. The molecule has 4 nitrogen and oxygen atoms in total. The third-order valence-electron chi connectivity index (χ3n) is 3.02. The van der Waals surface area contributed by atoms with Crippen molar-refractivity contribution < 1.29 is 13.9 Å². The van der Waals surface area contributed by atoms with Crippen LogP contribution in [0.15, 0.2) is 42.7 Å². The van der Waals surface area contributed by atoms with Crippen LogP contribution in [0.2, 0.25) is 0 Å². The smallest absolute Gasteiger partial charge is 0.407 e. The first-order valence-electron chi connectivity index (χ1n) is 6.36. The molecule has 1 atom stereocenters. The zero-order valence-electron chi connectivity index (χ0n) is 11.0. The van der Waals surface area contributed by atoms with Crippen molar-refractivity contribution in [2.75, 3.05) is 6.61 Å². The van der Waals surface area contributed by atoms with Crippen LogP contribution < -0.4 is 5.32 Å². The van der Waals surface area contributed by atoms with Crippen molar-refractivity contribution in [2.45, 2.75) is 6.04 Å². The van der Waals surface area contributed by atoms with Crippen LogP contribution >= 0.6 is 0 Å². The third kappa shape index (κ3) is 3.18. The van der Waals surface area contributed by atoms with E-state index in [0.29, 0.717) is 12.2 Å². The Morgan fingerprint density at radius 3 is 2.86 bits per heavy atom. The van der Waals surface area contributed by atoms with E-state index in [2.05, 4.69) is 22.1 Å². The predicted molar refractivity (Wildman–Crippen MR) is 73.8 cm³/mol. The molecule has 1 aromatic heterocycles. The van der Waals surface area contributed by atoms with Gasteiger partial charge in [-0.15, -0.1) is 0 Å². The van der Waals surface area contributed by atoms with Crippen molar-refractivity contribution in [1.82, 2.24) is 10.3 Å². The fraction of sp³-hybridized carbons (Fsp3) is 0.125. The molecule has 1 aliphatic heterocycles. The van der Waals surface area contributed by atoms with Crippen LogP contribution in [0.1, 0.15) is 22.7 Å². The SMILES string of the molecule is O=C1N[C@H](c2cccc(C#Cc3cncc(F)c3)c2)CO1. The summed E-state index contributed by atoms with van der Waals surface area (Å²) >= 11 is 0. The van der Waals surface area contributed by atoms with Crippen molar-refractivity contribution in [3.05, 3.63) is 65.2 Å². The molecule has 0 radical (unpaired) electrons. The topological polar surface area (TPSA) is 51.2 Å². The van der Waals surface area contributed by atoms with Crippen molar-refractivity contribution in [1.29, 1.82) is 0 Å². The number of hydrogen-bond donors (Lipinski definition) is 1. The second-order valence-corrected chi connectivity index (χ2v) is 4.56. The van der Waals surface area contributed by atoms with Crippen molar-refractivity contribution in [2.24, 2.45) is 0 Å². The molecule has 1 aliphatic rings. The van der Waals surface area contributed by atoms with E-state index >= 15 is 0 Å². The summed E-state index contributed by atoms with van der Waals surface area (Å²) in [5.74, 6) is 5.39. The van der Waals surface area contributed by atoms with Gasteiger partial charge in [-0.1, -0.05) is 24.0 Å². The van der Waals surface area contributed by atoms with Gasteiger partial charge in [-0.3, -0.25) is 4.98 Å². The summed E-state index contributed by atoms with van der Waals surface area (Å²) in [5.41, 5.74) is 2.21. The van der Waals surface area contributed by atoms with E-state index in [-0.39, 0.29) is 6.04 Å². The minimum absolute atomic E-state index is 0.157. The van der Waals surface area contributed by atoms with Crippen LogP contribution in [0.25, 0.3) is 0 Å². The number of amides is 1. The Labute approximate surface area is 121 Å². The van der Waals surface area contributed by atoms with E-state index in [9.17, 15) is 9.18 Å². The van der Waals surface area contributed by atoms with E-state index < -0.39 is 11.9 Å². The summed E-state index contributed by atoms with van der Waals surface area (Å²) in [6.45, 7) is 0.309. The van der Waals surface area contributed by atoms with Gasteiger partial charge in [0.15, 0.2) is 0 Å². The van der Waals surface area contributed by atoms with Gasteiger partial charge in [-0.05, 0) is 23.8 Å². The van der Waals surface area contributed by atoms with Gasteiger partial charge in [0.2, 0.25) is 0 Å². The Bertz CT molecular complexity index is 749. The fourth-order valence-electron chi connectivity index (χ4n) is 2.02. The fourth-order valence-corrected chi connectivity index (χ4v) is 2.02. The Balaban J connectivity index is 1.82. The molecule has 0 saturated carbocycles. The lowest BCUT2D eigenvalue weighted by Gasteiger charge is -2.07. The minimum atomic E-state index is -0.415. The van der Waals surface area contributed by atoms with Crippen LogP contribution in [-0.2, 0) is 4.74 Å². The van der Waals surface area contributed by atoms with Gasteiger partial charge in [0, 0.05) is 17.3 Å². The molecule has 5 heteroatoms. The number of benzene rings is 1. The van der Waals surface area contributed by atoms with Crippen LogP contribution in [-0.4, -0.2) is 17.7 Å². The van der Waals surface area contributed by atoms with Gasteiger partial charge in [-0.2, -0.15) is 0 Å². The number of rotatable bonds is 1. The quantitative estimate of drug-likeness (QED) is 0.817. The first kappa shape index (κ1) is 13.1. The number of aromatic nitrogens is 1. The number of halogens is 1. The average Bonchev–Trinajstić information content (AvgIpc) is 2.92. The molecule has 0 spiro atoms. The van der Waals surface area contributed by atoms with E-state index in [1.54, 1.807) is 0 Å². The number of nitrogens with one attached hydrogen (secondary N) is 1. The van der Waals surface area contributed by atoms with E-state index in [1.165, 1.54) is 12.3 Å². The van der Waals surface area contributed by atoms with Gasteiger partial charge < -0.3 is 10.1 Å². The highest BCUT2D eigenvalue weighted by molar-refractivity contribution is 5.70. The molecule has 1 saturated heterocycles. The standard InChI is InChI=1S/C16H11FN2O2/c17-14-7-12(8-18-9-14)5-4-11-2-1-3-13(6-11)15-10-21-16(20)19-15/h1-3,6-9,15H,10H2,(H,19,20)/t15-/m0/s1. The zero-order chi connectivity index (χ0) is 14.7. The van der Waals surface area contributed by atoms with Gasteiger partial charge in [0.1, 0.15) is 12.4 Å². The number of carbonyl (C=O) groups is 1. The highest BCUT2D eigenvalue weighted by Gasteiger charge is 2.23. The van der Waals surface area contributed by atoms with Gasteiger partial charge in [-0.25, -0.2) is 9.18 Å². The lowest BCUT2D eigenvalue weighted by atomic mass is 10.0. The van der Waals surface area contributed by atoms with Crippen LogP contribution in [0.4, 0.5) is 9.18 Å². The molecule has 1 N–H and O–H groups in total. The first-order valence-corrected chi connectivity index (χ1v) is 6.36. The van der Waals surface area contributed by atoms with Crippen LogP contribution in [0.3, 0.4) is 0 Å². The molecule has 21 heavy (non-hydrogen) atoms. The second kappa shape index (κ2) is 5.63. The Kier molecular flexibility index (Phi) is 3.52.